The number of pyridine rings is 1. The van der Waals surface area contributed by atoms with Crippen molar-refractivity contribution >= 4 is 5.91 Å². The van der Waals surface area contributed by atoms with E-state index in [-0.39, 0.29) is 18.0 Å². The molecule has 4 heteroatoms. The third-order valence-corrected chi connectivity index (χ3v) is 2.14. The molecule has 0 radical (unpaired) electrons. The van der Waals surface area contributed by atoms with Crippen LogP contribution in [0.1, 0.15) is 19.0 Å². The van der Waals surface area contributed by atoms with Crippen LogP contribution in [-0.4, -0.2) is 17.0 Å². The third kappa shape index (κ3) is 3.23. The molecule has 0 unspecified atom stereocenters. The molecule has 1 rings (SSSR count). The van der Waals surface area contributed by atoms with Crippen LogP contribution in [0, 0.1) is 6.92 Å². The Balaban J connectivity index is 2.72. The number of amides is 1. The van der Waals surface area contributed by atoms with Crippen LogP contribution in [0.15, 0.2) is 23.0 Å². The van der Waals surface area contributed by atoms with E-state index in [9.17, 15) is 9.59 Å². The van der Waals surface area contributed by atoms with E-state index in [1.54, 1.807) is 6.07 Å². The Hall–Kier alpha value is -1.58. The fraction of sp³-hybridized carbons (Fsp3) is 0.455. The van der Waals surface area contributed by atoms with Crippen LogP contribution in [0.3, 0.4) is 0 Å². The third-order valence-electron chi connectivity index (χ3n) is 2.14. The van der Waals surface area contributed by atoms with Crippen molar-refractivity contribution in [3.8, 4) is 0 Å². The molecular formula is C11H16N2O2. The van der Waals surface area contributed by atoms with E-state index in [0.29, 0.717) is 6.54 Å². The number of nitrogens with zero attached hydrogens (tertiary/aromatic N) is 1. The molecule has 4 nitrogen and oxygen atoms in total. The lowest BCUT2D eigenvalue weighted by Crippen LogP contribution is -2.33. The van der Waals surface area contributed by atoms with Gasteiger partial charge in [-0.05, 0) is 19.4 Å². The van der Waals surface area contributed by atoms with Crippen molar-refractivity contribution in [2.24, 2.45) is 0 Å². The summed E-state index contributed by atoms with van der Waals surface area (Å²) in [4.78, 5) is 22.8. The van der Waals surface area contributed by atoms with Crippen LogP contribution >= 0.6 is 0 Å². The lowest BCUT2D eigenvalue weighted by Gasteiger charge is -2.08. The highest BCUT2D eigenvalue weighted by atomic mass is 16.2. The first-order valence-electron chi connectivity index (χ1n) is 5.08. The zero-order chi connectivity index (χ0) is 11.3. The first-order valence-corrected chi connectivity index (χ1v) is 5.08. The van der Waals surface area contributed by atoms with Gasteiger partial charge in [0.25, 0.3) is 5.56 Å². The number of carbonyl (C=O) groups is 1. The van der Waals surface area contributed by atoms with Crippen molar-refractivity contribution in [2.45, 2.75) is 26.8 Å². The Labute approximate surface area is 88.9 Å². The Kier molecular flexibility index (Phi) is 4.09. The minimum Gasteiger partial charge on any atom is -0.355 e. The summed E-state index contributed by atoms with van der Waals surface area (Å²) in [6.45, 7) is 4.56. The quantitative estimate of drug-likeness (QED) is 0.791. The van der Waals surface area contributed by atoms with Gasteiger partial charge in [-0.1, -0.05) is 13.0 Å². The maximum absolute atomic E-state index is 11.4. The van der Waals surface area contributed by atoms with E-state index in [4.69, 9.17) is 0 Å². The highest BCUT2D eigenvalue weighted by Crippen LogP contribution is 1.92. The number of aryl methyl sites for hydroxylation is 1. The van der Waals surface area contributed by atoms with Crippen LogP contribution in [0.5, 0.6) is 0 Å². The Morgan fingerprint density at radius 3 is 2.80 bits per heavy atom. The topological polar surface area (TPSA) is 51.1 Å². The zero-order valence-corrected chi connectivity index (χ0v) is 9.12. The number of nitrogens with one attached hydrogen (secondary N) is 1. The minimum atomic E-state index is -0.137. The van der Waals surface area contributed by atoms with Gasteiger partial charge in [-0.2, -0.15) is 0 Å². The van der Waals surface area contributed by atoms with Crippen molar-refractivity contribution in [2.75, 3.05) is 6.54 Å². The van der Waals surface area contributed by atoms with Gasteiger partial charge in [-0.25, -0.2) is 0 Å². The molecular weight excluding hydrogens is 192 g/mol. The molecule has 1 amide bonds. The Morgan fingerprint density at radius 1 is 1.47 bits per heavy atom. The smallest absolute Gasteiger partial charge is 0.251 e. The Bertz CT molecular complexity index is 396. The van der Waals surface area contributed by atoms with E-state index in [0.717, 1.165) is 12.1 Å². The SMILES string of the molecule is CCCNC(=O)Cn1c(C)cccc1=O. The van der Waals surface area contributed by atoms with Crippen molar-refractivity contribution < 1.29 is 4.79 Å². The second-order valence-corrected chi connectivity index (χ2v) is 3.44. The van der Waals surface area contributed by atoms with Gasteiger partial charge in [-0.15, -0.1) is 0 Å². The van der Waals surface area contributed by atoms with Crippen molar-refractivity contribution in [3.05, 3.63) is 34.2 Å². The fourth-order valence-electron chi connectivity index (χ4n) is 1.29. The highest BCUT2D eigenvalue weighted by molar-refractivity contribution is 5.75. The van der Waals surface area contributed by atoms with Gasteiger partial charge in [0.1, 0.15) is 6.54 Å². The summed E-state index contributed by atoms with van der Waals surface area (Å²) in [7, 11) is 0. The van der Waals surface area contributed by atoms with Crippen LogP contribution in [0.4, 0.5) is 0 Å². The van der Waals surface area contributed by atoms with Crippen molar-refractivity contribution in [3.63, 3.8) is 0 Å². The average molecular weight is 208 g/mol. The molecule has 1 aromatic heterocycles. The molecule has 0 aliphatic heterocycles. The molecule has 0 spiro atoms. The first kappa shape index (κ1) is 11.5. The summed E-state index contributed by atoms with van der Waals surface area (Å²) in [6.07, 6.45) is 0.897. The first-order chi connectivity index (χ1) is 7.15. The molecule has 1 N–H and O–H groups in total. The molecule has 0 aromatic carbocycles. The number of hydrogen-bond donors (Lipinski definition) is 1. The second-order valence-electron chi connectivity index (χ2n) is 3.44. The van der Waals surface area contributed by atoms with E-state index in [2.05, 4.69) is 5.32 Å². The molecule has 0 aliphatic rings. The summed E-state index contributed by atoms with van der Waals surface area (Å²) in [5, 5.41) is 2.74. The van der Waals surface area contributed by atoms with Gasteiger partial charge in [0, 0.05) is 18.3 Å². The molecule has 15 heavy (non-hydrogen) atoms. The van der Waals surface area contributed by atoms with Gasteiger partial charge >= 0.3 is 0 Å². The van der Waals surface area contributed by atoms with Crippen LogP contribution < -0.4 is 10.9 Å². The molecule has 82 valence electrons. The molecule has 1 heterocycles. The Morgan fingerprint density at radius 2 is 2.20 bits per heavy atom. The second kappa shape index (κ2) is 5.34. The van der Waals surface area contributed by atoms with Crippen LogP contribution in [0.25, 0.3) is 0 Å². The van der Waals surface area contributed by atoms with Gasteiger partial charge < -0.3 is 9.88 Å². The number of aromatic nitrogens is 1. The largest absolute Gasteiger partial charge is 0.355 e. The highest BCUT2D eigenvalue weighted by Gasteiger charge is 2.04. The molecule has 0 saturated heterocycles. The zero-order valence-electron chi connectivity index (χ0n) is 9.12. The van der Waals surface area contributed by atoms with E-state index < -0.39 is 0 Å². The van der Waals surface area contributed by atoms with Gasteiger partial charge in [-0.3, -0.25) is 9.59 Å². The number of hydrogen-bond acceptors (Lipinski definition) is 2. The predicted molar refractivity (Wildman–Crippen MR) is 58.7 cm³/mol. The van der Waals surface area contributed by atoms with Crippen molar-refractivity contribution in [1.82, 2.24) is 9.88 Å². The predicted octanol–water partition coefficient (Wildman–Crippen LogP) is 0.683. The lowest BCUT2D eigenvalue weighted by atomic mass is 10.3. The van der Waals surface area contributed by atoms with Crippen LogP contribution in [-0.2, 0) is 11.3 Å². The number of rotatable bonds is 4. The van der Waals surface area contributed by atoms with Crippen LogP contribution in [0.2, 0.25) is 0 Å². The van der Waals surface area contributed by atoms with E-state index in [1.807, 2.05) is 19.9 Å². The van der Waals surface area contributed by atoms with Gasteiger partial charge in [0.2, 0.25) is 5.91 Å². The monoisotopic (exact) mass is 208 g/mol. The van der Waals surface area contributed by atoms with E-state index >= 15 is 0 Å². The van der Waals surface area contributed by atoms with Gasteiger partial charge in [0.05, 0.1) is 0 Å². The average Bonchev–Trinajstić information content (AvgIpc) is 2.21. The van der Waals surface area contributed by atoms with E-state index in [1.165, 1.54) is 10.6 Å². The summed E-state index contributed by atoms with van der Waals surface area (Å²) in [6, 6.07) is 4.96. The molecule has 0 atom stereocenters. The lowest BCUT2D eigenvalue weighted by molar-refractivity contribution is -0.121. The number of carbonyl (C=O) groups excluding carboxylic acids is 1. The molecule has 0 saturated carbocycles. The maximum atomic E-state index is 11.4. The summed E-state index contributed by atoms with van der Waals surface area (Å²) >= 11 is 0. The summed E-state index contributed by atoms with van der Waals surface area (Å²) in [5.41, 5.74) is 0.663. The van der Waals surface area contributed by atoms with Crippen molar-refractivity contribution in [1.29, 1.82) is 0 Å². The standard InChI is InChI=1S/C11H16N2O2/c1-3-7-12-10(14)8-13-9(2)5-4-6-11(13)15/h4-6H,3,7-8H2,1-2H3,(H,12,14). The molecule has 0 fully saturated rings. The fourth-order valence-corrected chi connectivity index (χ4v) is 1.29. The maximum Gasteiger partial charge on any atom is 0.251 e. The molecule has 1 aromatic rings. The minimum absolute atomic E-state index is 0.103. The normalized spacial score (nSPS) is 10.0. The van der Waals surface area contributed by atoms with Gasteiger partial charge in [0.15, 0.2) is 0 Å². The molecule has 0 bridgehead atoms. The summed E-state index contributed by atoms with van der Waals surface area (Å²) in [5.74, 6) is -0.117. The summed E-state index contributed by atoms with van der Waals surface area (Å²) < 4.78 is 1.46. The molecule has 0 aliphatic carbocycles.